The van der Waals surface area contributed by atoms with E-state index in [1.54, 1.807) is 0 Å². The summed E-state index contributed by atoms with van der Waals surface area (Å²) in [5, 5.41) is 18.8. The molecule has 2 N–H and O–H groups in total. The topological polar surface area (TPSA) is 52.9 Å². The summed E-state index contributed by atoms with van der Waals surface area (Å²) in [6.07, 6.45) is 5.44. The molecule has 0 aliphatic carbocycles. The first kappa shape index (κ1) is 19.0. The summed E-state index contributed by atoms with van der Waals surface area (Å²) in [5.41, 5.74) is 2.57. The molecule has 0 saturated carbocycles. The molecule has 1 saturated heterocycles. The van der Waals surface area contributed by atoms with Gasteiger partial charge in [-0.05, 0) is 57.4 Å². The van der Waals surface area contributed by atoms with Crippen molar-refractivity contribution in [2.45, 2.75) is 39.7 Å². The molecule has 0 radical (unpaired) electrons. The molecule has 4 heteroatoms. The molecule has 0 unspecified atom stereocenters. The molecular weight excluding hydrogens is 302 g/mol. The van der Waals surface area contributed by atoms with Crippen molar-refractivity contribution in [3.63, 3.8) is 0 Å². The Bertz CT molecular complexity index is 522. The maximum Gasteiger partial charge on any atom is 0.119 e. The highest BCUT2D eigenvalue weighted by molar-refractivity contribution is 5.27. The molecule has 1 heterocycles. The molecule has 0 bridgehead atoms. The highest BCUT2D eigenvalue weighted by atomic mass is 16.5. The van der Waals surface area contributed by atoms with Gasteiger partial charge in [0.2, 0.25) is 0 Å². The van der Waals surface area contributed by atoms with Crippen molar-refractivity contribution in [1.29, 1.82) is 0 Å². The average molecular weight is 333 g/mol. The lowest BCUT2D eigenvalue weighted by atomic mass is 9.77. The molecule has 1 fully saturated rings. The first-order valence-electron chi connectivity index (χ1n) is 8.86. The van der Waals surface area contributed by atoms with E-state index in [-0.39, 0.29) is 18.6 Å². The van der Waals surface area contributed by atoms with Crippen LogP contribution in [0.4, 0.5) is 0 Å². The van der Waals surface area contributed by atoms with Crippen molar-refractivity contribution in [3.8, 4) is 5.75 Å². The fraction of sp³-hybridized carbons (Fsp3) is 0.600. The highest BCUT2D eigenvalue weighted by Crippen LogP contribution is 2.34. The fourth-order valence-corrected chi connectivity index (χ4v) is 3.34. The van der Waals surface area contributed by atoms with Crippen molar-refractivity contribution in [2.75, 3.05) is 32.9 Å². The monoisotopic (exact) mass is 333 g/mol. The Morgan fingerprint density at radius 3 is 2.62 bits per heavy atom. The van der Waals surface area contributed by atoms with Crippen LogP contribution in [0.2, 0.25) is 0 Å². The van der Waals surface area contributed by atoms with Gasteiger partial charge in [0, 0.05) is 18.5 Å². The van der Waals surface area contributed by atoms with Crippen LogP contribution in [0.3, 0.4) is 0 Å². The number of likely N-dealkylation sites (tertiary alicyclic amines) is 1. The molecule has 1 atom stereocenters. The zero-order chi connectivity index (χ0) is 17.4. The lowest BCUT2D eigenvalue weighted by Gasteiger charge is -2.41. The van der Waals surface area contributed by atoms with Crippen molar-refractivity contribution in [2.24, 2.45) is 5.41 Å². The molecule has 0 spiro atoms. The van der Waals surface area contributed by atoms with Crippen molar-refractivity contribution in [1.82, 2.24) is 4.90 Å². The lowest BCUT2D eigenvalue weighted by molar-refractivity contribution is 0.0307. The van der Waals surface area contributed by atoms with Crippen LogP contribution in [-0.4, -0.2) is 48.0 Å². The quantitative estimate of drug-likeness (QED) is 0.718. The summed E-state index contributed by atoms with van der Waals surface area (Å²) >= 11 is 0. The summed E-state index contributed by atoms with van der Waals surface area (Å²) in [5.74, 6) is 0.791. The maximum atomic E-state index is 9.96. The van der Waals surface area contributed by atoms with Crippen LogP contribution >= 0.6 is 0 Å². The molecule has 24 heavy (non-hydrogen) atoms. The summed E-state index contributed by atoms with van der Waals surface area (Å²) in [6.45, 7) is 7.77. The second-order valence-electron chi connectivity index (χ2n) is 7.17. The number of rotatable bonds is 8. The molecule has 1 aromatic carbocycles. The van der Waals surface area contributed by atoms with E-state index in [9.17, 15) is 5.11 Å². The fourth-order valence-electron chi connectivity index (χ4n) is 3.34. The van der Waals surface area contributed by atoms with Gasteiger partial charge in [-0.15, -0.1) is 0 Å². The van der Waals surface area contributed by atoms with E-state index in [0.29, 0.717) is 6.61 Å². The first-order valence-corrected chi connectivity index (χ1v) is 8.86. The van der Waals surface area contributed by atoms with E-state index in [1.165, 1.54) is 11.1 Å². The minimum absolute atomic E-state index is 0.000300. The number of benzene rings is 1. The SMILES string of the molecule is CC(C)=CC[C@]1(CO)CCCN(Cc2ccc(OCCO)cc2)C1. The molecule has 134 valence electrons. The molecule has 0 amide bonds. The van der Waals surface area contributed by atoms with Gasteiger partial charge in [-0.2, -0.15) is 0 Å². The average Bonchev–Trinajstić information content (AvgIpc) is 2.60. The van der Waals surface area contributed by atoms with Crippen LogP contribution in [0.25, 0.3) is 0 Å². The number of aliphatic hydroxyl groups excluding tert-OH is 2. The molecule has 2 rings (SSSR count). The van der Waals surface area contributed by atoms with Crippen molar-refractivity contribution < 1.29 is 14.9 Å². The summed E-state index contributed by atoms with van der Waals surface area (Å²) in [7, 11) is 0. The van der Waals surface area contributed by atoms with E-state index in [2.05, 4.69) is 37.0 Å². The number of piperidine rings is 1. The highest BCUT2D eigenvalue weighted by Gasteiger charge is 2.33. The predicted octanol–water partition coefficient (Wildman–Crippen LogP) is 2.99. The van der Waals surface area contributed by atoms with Crippen LogP contribution in [-0.2, 0) is 6.54 Å². The Morgan fingerprint density at radius 1 is 1.25 bits per heavy atom. The van der Waals surface area contributed by atoms with Gasteiger partial charge in [-0.25, -0.2) is 0 Å². The number of hydrogen-bond acceptors (Lipinski definition) is 4. The Hall–Kier alpha value is -1.36. The number of hydrogen-bond donors (Lipinski definition) is 2. The Balaban J connectivity index is 1.95. The van der Waals surface area contributed by atoms with Gasteiger partial charge in [0.1, 0.15) is 12.4 Å². The van der Waals surface area contributed by atoms with E-state index in [0.717, 1.165) is 44.6 Å². The minimum atomic E-state index is -0.000300. The lowest BCUT2D eigenvalue weighted by Crippen LogP contribution is -2.44. The largest absolute Gasteiger partial charge is 0.491 e. The minimum Gasteiger partial charge on any atom is -0.491 e. The third-order valence-electron chi connectivity index (χ3n) is 4.71. The summed E-state index contributed by atoms with van der Waals surface area (Å²) < 4.78 is 5.40. The van der Waals surface area contributed by atoms with Crippen LogP contribution in [0, 0.1) is 5.41 Å². The van der Waals surface area contributed by atoms with Crippen LogP contribution in [0.5, 0.6) is 5.75 Å². The Labute approximate surface area is 145 Å². The van der Waals surface area contributed by atoms with E-state index in [1.807, 2.05) is 12.1 Å². The number of aliphatic hydroxyl groups is 2. The van der Waals surface area contributed by atoms with Gasteiger partial charge >= 0.3 is 0 Å². The van der Waals surface area contributed by atoms with Gasteiger partial charge in [-0.1, -0.05) is 23.8 Å². The third kappa shape index (κ3) is 5.62. The van der Waals surface area contributed by atoms with Gasteiger partial charge in [-0.3, -0.25) is 4.90 Å². The van der Waals surface area contributed by atoms with Gasteiger partial charge in [0.15, 0.2) is 0 Å². The molecule has 1 aliphatic rings. The summed E-state index contributed by atoms with van der Waals surface area (Å²) in [4.78, 5) is 2.45. The second kappa shape index (κ2) is 9.21. The van der Waals surface area contributed by atoms with Crippen LogP contribution in [0.15, 0.2) is 35.9 Å². The maximum absolute atomic E-state index is 9.96. The molecule has 0 aromatic heterocycles. The smallest absolute Gasteiger partial charge is 0.119 e. The summed E-state index contributed by atoms with van der Waals surface area (Å²) in [6, 6.07) is 8.07. The molecule has 1 aromatic rings. The molecular formula is C20H31NO3. The molecule has 1 aliphatic heterocycles. The molecule has 4 nitrogen and oxygen atoms in total. The zero-order valence-electron chi connectivity index (χ0n) is 15.0. The third-order valence-corrected chi connectivity index (χ3v) is 4.71. The predicted molar refractivity (Wildman–Crippen MR) is 97.1 cm³/mol. The Kier molecular flexibility index (Phi) is 7.28. The van der Waals surface area contributed by atoms with Gasteiger partial charge < -0.3 is 14.9 Å². The normalized spacial score (nSPS) is 21.5. The standard InChI is InChI=1S/C20H31NO3/c1-17(2)8-10-20(16-23)9-3-11-21(15-20)14-18-4-6-19(7-5-18)24-13-12-22/h4-8,22-23H,3,9-16H2,1-2H3/t20-/m1/s1. The Morgan fingerprint density at radius 2 is 2.00 bits per heavy atom. The van der Waals surface area contributed by atoms with Crippen molar-refractivity contribution in [3.05, 3.63) is 41.5 Å². The van der Waals surface area contributed by atoms with Gasteiger partial charge in [0.05, 0.1) is 13.2 Å². The van der Waals surface area contributed by atoms with E-state index >= 15 is 0 Å². The van der Waals surface area contributed by atoms with E-state index < -0.39 is 0 Å². The van der Waals surface area contributed by atoms with Crippen molar-refractivity contribution >= 4 is 0 Å². The van der Waals surface area contributed by atoms with E-state index in [4.69, 9.17) is 9.84 Å². The van der Waals surface area contributed by atoms with Crippen LogP contribution < -0.4 is 4.74 Å². The second-order valence-corrected chi connectivity index (χ2v) is 7.17. The number of allylic oxidation sites excluding steroid dienone is 2. The zero-order valence-corrected chi connectivity index (χ0v) is 15.0. The van der Waals surface area contributed by atoms with Gasteiger partial charge in [0.25, 0.3) is 0 Å². The van der Waals surface area contributed by atoms with Crippen LogP contribution in [0.1, 0.15) is 38.7 Å². The first-order chi connectivity index (χ1) is 11.6. The number of nitrogens with zero attached hydrogens (tertiary/aromatic N) is 1. The number of ether oxygens (including phenoxy) is 1.